The van der Waals surface area contributed by atoms with Gasteiger partial charge in [0.2, 0.25) is 8.32 Å². The van der Waals surface area contributed by atoms with Crippen LogP contribution in [0.2, 0.25) is 19.6 Å². The Kier molecular flexibility index (Phi) is 4.26. The molecule has 4 nitrogen and oxygen atoms in total. The molecule has 1 aromatic rings. The van der Waals surface area contributed by atoms with Crippen molar-refractivity contribution in [3.8, 4) is 5.75 Å². The highest BCUT2D eigenvalue weighted by Gasteiger charge is 2.20. The molecule has 5 heteroatoms. The average Bonchev–Trinajstić information content (AvgIpc) is 2.37. The Morgan fingerprint density at radius 3 is 2.58 bits per heavy atom. The number of hydrogen-bond donors (Lipinski definition) is 1. The lowest BCUT2D eigenvalue weighted by molar-refractivity contribution is 0.0735. The van der Waals surface area contributed by atoms with Crippen molar-refractivity contribution in [2.75, 3.05) is 26.2 Å². The van der Waals surface area contributed by atoms with E-state index >= 15 is 0 Å². The monoisotopic (exact) mass is 278 g/mol. The predicted octanol–water partition coefficient (Wildman–Crippen LogP) is 1.95. The molecule has 19 heavy (non-hydrogen) atoms. The molecular formula is C14H22N2O2Si. The molecule has 0 aliphatic carbocycles. The number of benzene rings is 1. The molecule has 104 valence electrons. The Bertz CT molecular complexity index is 451. The van der Waals surface area contributed by atoms with E-state index in [1.54, 1.807) is 0 Å². The molecule has 1 aliphatic rings. The number of carbonyl (C=O) groups is 1. The lowest BCUT2D eigenvalue weighted by Gasteiger charge is -2.27. The zero-order valence-corrected chi connectivity index (χ0v) is 12.9. The molecule has 1 N–H and O–H groups in total. The van der Waals surface area contributed by atoms with Crippen LogP contribution in [0.4, 0.5) is 0 Å². The van der Waals surface area contributed by atoms with Crippen LogP contribution in [-0.2, 0) is 0 Å². The van der Waals surface area contributed by atoms with Crippen molar-refractivity contribution in [1.29, 1.82) is 0 Å². The largest absolute Gasteiger partial charge is 0.544 e. The second-order valence-corrected chi connectivity index (χ2v) is 10.2. The SMILES string of the molecule is C[Si](C)(C)Oc1cccc(C(=O)N2CCNCC2)c1. The van der Waals surface area contributed by atoms with E-state index in [1.165, 1.54) is 0 Å². The molecule has 0 atom stereocenters. The Balaban J connectivity index is 2.11. The summed E-state index contributed by atoms with van der Waals surface area (Å²) in [6, 6.07) is 7.54. The summed E-state index contributed by atoms with van der Waals surface area (Å²) < 4.78 is 5.94. The molecule has 1 fully saturated rings. The number of nitrogens with zero attached hydrogens (tertiary/aromatic N) is 1. The van der Waals surface area contributed by atoms with Crippen LogP contribution in [0.3, 0.4) is 0 Å². The first kappa shape index (κ1) is 14.1. The fourth-order valence-electron chi connectivity index (χ4n) is 2.10. The van der Waals surface area contributed by atoms with Crippen molar-refractivity contribution in [3.05, 3.63) is 29.8 Å². The standard InChI is InChI=1S/C14H22N2O2Si/c1-19(2,3)18-13-6-4-5-12(11-13)14(17)16-9-7-15-8-10-16/h4-6,11,15H,7-10H2,1-3H3. The summed E-state index contributed by atoms with van der Waals surface area (Å²) in [4.78, 5) is 14.3. The number of nitrogens with one attached hydrogen (secondary N) is 1. The Labute approximate surface area is 115 Å². The first-order chi connectivity index (χ1) is 8.96. The van der Waals surface area contributed by atoms with Crippen LogP contribution in [0, 0.1) is 0 Å². The maximum atomic E-state index is 12.4. The van der Waals surface area contributed by atoms with Gasteiger partial charge in [0, 0.05) is 31.7 Å². The lowest BCUT2D eigenvalue weighted by atomic mass is 10.2. The number of amides is 1. The normalized spacial score (nSPS) is 16.3. The second-order valence-electron chi connectivity index (χ2n) is 5.78. The molecule has 1 aromatic carbocycles. The van der Waals surface area contributed by atoms with Crippen molar-refractivity contribution in [2.24, 2.45) is 0 Å². The van der Waals surface area contributed by atoms with Gasteiger partial charge in [0.25, 0.3) is 5.91 Å². The van der Waals surface area contributed by atoms with E-state index in [0.717, 1.165) is 37.5 Å². The third-order valence-electron chi connectivity index (χ3n) is 2.91. The summed E-state index contributed by atoms with van der Waals surface area (Å²) in [7, 11) is -1.63. The minimum absolute atomic E-state index is 0.0996. The van der Waals surface area contributed by atoms with Crippen LogP contribution < -0.4 is 9.74 Å². The summed E-state index contributed by atoms with van der Waals surface area (Å²) in [6.07, 6.45) is 0. The molecule has 1 saturated heterocycles. The van der Waals surface area contributed by atoms with E-state index in [0.29, 0.717) is 0 Å². The third kappa shape index (κ3) is 4.07. The molecule has 0 bridgehead atoms. The Morgan fingerprint density at radius 2 is 1.95 bits per heavy atom. The molecule has 0 unspecified atom stereocenters. The van der Waals surface area contributed by atoms with Gasteiger partial charge in [-0.15, -0.1) is 0 Å². The van der Waals surface area contributed by atoms with Crippen LogP contribution in [0.25, 0.3) is 0 Å². The number of hydrogen-bond acceptors (Lipinski definition) is 3. The van der Waals surface area contributed by atoms with E-state index < -0.39 is 8.32 Å². The molecule has 0 aromatic heterocycles. The van der Waals surface area contributed by atoms with Gasteiger partial charge in [-0.2, -0.15) is 0 Å². The molecule has 1 heterocycles. The molecule has 1 amide bonds. The fourth-order valence-corrected chi connectivity index (χ4v) is 2.93. The smallest absolute Gasteiger partial charge is 0.254 e. The molecule has 0 radical (unpaired) electrons. The summed E-state index contributed by atoms with van der Waals surface area (Å²) in [5.74, 6) is 0.905. The van der Waals surface area contributed by atoms with E-state index in [1.807, 2.05) is 29.2 Å². The summed E-state index contributed by atoms with van der Waals surface area (Å²) in [5, 5.41) is 3.25. The van der Waals surface area contributed by atoms with Crippen LogP contribution in [0.1, 0.15) is 10.4 Å². The minimum Gasteiger partial charge on any atom is -0.544 e. The van der Waals surface area contributed by atoms with Gasteiger partial charge < -0.3 is 14.6 Å². The molecule has 0 saturated carbocycles. The quantitative estimate of drug-likeness (QED) is 0.859. The number of rotatable bonds is 3. The number of carbonyl (C=O) groups excluding carboxylic acids is 1. The van der Waals surface area contributed by atoms with Gasteiger partial charge in [0.1, 0.15) is 5.75 Å². The second kappa shape index (κ2) is 5.75. The van der Waals surface area contributed by atoms with Crippen LogP contribution in [0.5, 0.6) is 5.75 Å². The van der Waals surface area contributed by atoms with Crippen molar-refractivity contribution in [3.63, 3.8) is 0 Å². The van der Waals surface area contributed by atoms with Crippen molar-refractivity contribution in [1.82, 2.24) is 10.2 Å². The van der Waals surface area contributed by atoms with Gasteiger partial charge in [-0.3, -0.25) is 4.79 Å². The number of piperazine rings is 1. The van der Waals surface area contributed by atoms with Gasteiger partial charge in [-0.1, -0.05) is 6.07 Å². The molecule has 0 spiro atoms. The maximum Gasteiger partial charge on any atom is 0.254 e. The van der Waals surface area contributed by atoms with Gasteiger partial charge in [-0.25, -0.2) is 0 Å². The van der Waals surface area contributed by atoms with Gasteiger partial charge >= 0.3 is 0 Å². The summed E-state index contributed by atoms with van der Waals surface area (Å²) in [5.41, 5.74) is 0.720. The molecule has 1 aliphatic heterocycles. The Hall–Kier alpha value is -1.33. The minimum atomic E-state index is -1.63. The Morgan fingerprint density at radius 1 is 1.26 bits per heavy atom. The van der Waals surface area contributed by atoms with Gasteiger partial charge in [-0.05, 0) is 37.8 Å². The predicted molar refractivity (Wildman–Crippen MR) is 79.2 cm³/mol. The summed E-state index contributed by atoms with van der Waals surface area (Å²) in [6.45, 7) is 9.71. The van der Waals surface area contributed by atoms with Crippen LogP contribution >= 0.6 is 0 Å². The molecule has 2 rings (SSSR count). The van der Waals surface area contributed by atoms with E-state index in [2.05, 4.69) is 25.0 Å². The lowest BCUT2D eigenvalue weighted by Crippen LogP contribution is -2.46. The fraction of sp³-hybridized carbons (Fsp3) is 0.500. The van der Waals surface area contributed by atoms with Crippen molar-refractivity contribution < 1.29 is 9.22 Å². The van der Waals surface area contributed by atoms with Crippen molar-refractivity contribution >= 4 is 14.2 Å². The zero-order valence-electron chi connectivity index (χ0n) is 11.9. The van der Waals surface area contributed by atoms with Crippen molar-refractivity contribution in [2.45, 2.75) is 19.6 Å². The highest BCUT2D eigenvalue weighted by Crippen LogP contribution is 2.19. The van der Waals surface area contributed by atoms with Crippen LogP contribution in [0.15, 0.2) is 24.3 Å². The zero-order chi connectivity index (χ0) is 13.9. The first-order valence-corrected chi connectivity index (χ1v) is 10.2. The summed E-state index contributed by atoms with van der Waals surface area (Å²) >= 11 is 0. The molecular weight excluding hydrogens is 256 g/mol. The third-order valence-corrected chi connectivity index (χ3v) is 3.76. The average molecular weight is 278 g/mol. The van der Waals surface area contributed by atoms with Gasteiger partial charge in [0.15, 0.2) is 0 Å². The maximum absolute atomic E-state index is 12.4. The highest BCUT2D eigenvalue weighted by molar-refractivity contribution is 6.70. The topological polar surface area (TPSA) is 41.6 Å². The van der Waals surface area contributed by atoms with E-state index in [9.17, 15) is 4.79 Å². The van der Waals surface area contributed by atoms with Gasteiger partial charge in [0.05, 0.1) is 0 Å². The highest BCUT2D eigenvalue weighted by atomic mass is 28.4. The first-order valence-electron chi connectivity index (χ1n) is 6.75. The van der Waals surface area contributed by atoms with Crippen LogP contribution in [-0.4, -0.2) is 45.3 Å². The van der Waals surface area contributed by atoms with E-state index in [-0.39, 0.29) is 5.91 Å². The van der Waals surface area contributed by atoms with E-state index in [4.69, 9.17) is 4.43 Å².